The summed E-state index contributed by atoms with van der Waals surface area (Å²) < 4.78 is 4.80. The van der Waals surface area contributed by atoms with Gasteiger partial charge in [-0.1, -0.05) is 12.7 Å². The number of hydrogen-bond acceptors (Lipinski definition) is 3. The first-order chi connectivity index (χ1) is 6.83. The molecule has 14 heavy (non-hydrogen) atoms. The SMILES string of the molecule is C=CCOC(=O)NCC1CCNCC1. The fourth-order valence-electron chi connectivity index (χ4n) is 1.50. The van der Waals surface area contributed by atoms with E-state index >= 15 is 0 Å². The van der Waals surface area contributed by atoms with E-state index in [2.05, 4.69) is 17.2 Å². The van der Waals surface area contributed by atoms with Crippen LogP contribution >= 0.6 is 0 Å². The summed E-state index contributed by atoms with van der Waals surface area (Å²) >= 11 is 0. The van der Waals surface area contributed by atoms with Crippen molar-refractivity contribution in [3.8, 4) is 0 Å². The summed E-state index contributed by atoms with van der Waals surface area (Å²) in [7, 11) is 0. The molecule has 0 aliphatic carbocycles. The minimum absolute atomic E-state index is 0.276. The number of ether oxygens (including phenoxy) is 1. The molecule has 0 bridgehead atoms. The van der Waals surface area contributed by atoms with Gasteiger partial charge < -0.3 is 15.4 Å². The smallest absolute Gasteiger partial charge is 0.407 e. The molecule has 0 aromatic carbocycles. The van der Waals surface area contributed by atoms with Gasteiger partial charge in [0.15, 0.2) is 0 Å². The lowest BCUT2D eigenvalue weighted by Crippen LogP contribution is -2.36. The molecule has 0 saturated carbocycles. The second-order valence-corrected chi connectivity index (χ2v) is 3.46. The summed E-state index contributed by atoms with van der Waals surface area (Å²) in [5.74, 6) is 0.590. The standard InChI is InChI=1S/C10H18N2O2/c1-2-7-14-10(13)12-8-9-3-5-11-6-4-9/h2,9,11H,1,3-8H2,(H,12,13). The molecule has 2 N–H and O–H groups in total. The Morgan fingerprint density at radius 2 is 2.29 bits per heavy atom. The first-order valence-corrected chi connectivity index (χ1v) is 5.05. The summed E-state index contributed by atoms with van der Waals surface area (Å²) in [4.78, 5) is 11.0. The van der Waals surface area contributed by atoms with Crippen molar-refractivity contribution in [2.24, 2.45) is 5.92 Å². The predicted octanol–water partition coefficient (Wildman–Crippen LogP) is 0.898. The second kappa shape index (κ2) is 6.43. The van der Waals surface area contributed by atoms with Gasteiger partial charge in [-0.05, 0) is 31.8 Å². The van der Waals surface area contributed by atoms with Gasteiger partial charge in [-0.15, -0.1) is 0 Å². The Balaban J connectivity index is 2.06. The maximum atomic E-state index is 11.0. The number of nitrogens with one attached hydrogen (secondary N) is 2. The van der Waals surface area contributed by atoms with E-state index in [1.54, 1.807) is 6.08 Å². The highest BCUT2D eigenvalue weighted by Crippen LogP contribution is 2.09. The Kier molecular flexibility index (Phi) is 5.07. The van der Waals surface area contributed by atoms with Gasteiger partial charge in [0.1, 0.15) is 6.61 Å². The van der Waals surface area contributed by atoms with Gasteiger partial charge in [-0.3, -0.25) is 0 Å². The summed E-state index contributed by atoms with van der Waals surface area (Å²) in [5.41, 5.74) is 0. The molecule has 1 saturated heterocycles. The van der Waals surface area contributed by atoms with E-state index in [0.717, 1.165) is 32.5 Å². The van der Waals surface area contributed by atoms with Crippen LogP contribution in [0.3, 0.4) is 0 Å². The van der Waals surface area contributed by atoms with Crippen molar-refractivity contribution in [1.29, 1.82) is 0 Å². The summed E-state index contributed by atoms with van der Waals surface area (Å²) in [6.45, 7) is 6.56. The third-order valence-electron chi connectivity index (χ3n) is 2.33. The van der Waals surface area contributed by atoms with E-state index in [4.69, 9.17) is 4.74 Å². The predicted molar refractivity (Wildman–Crippen MR) is 55.1 cm³/mol. The Morgan fingerprint density at radius 1 is 1.57 bits per heavy atom. The quantitative estimate of drug-likeness (QED) is 0.660. The normalized spacial score (nSPS) is 17.4. The minimum atomic E-state index is -0.344. The van der Waals surface area contributed by atoms with E-state index < -0.39 is 0 Å². The number of hydrogen-bond donors (Lipinski definition) is 2. The first kappa shape index (κ1) is 11.0. The largest absolute Gasteiger partial charge is 0.445 e. The van der Waals surface area contributed by atoms with Gasteiger partial charge in [0, 0.05) is 6.54 Å². The van der Waals surface area contributed by atoms with Crippen LogP contribution in [0.25, 0.3) is 0 Å². The van der Waals surface area contributed by atoms with Crippen molar-refractivity contribution < 1.29 is 9.53 Å². The zero-order valence-corrected chi connectivity index (χ0v) is 8.42. The Bertz CT molecular complexity index is 189. The Labute approximate surface area is 84.7 Å². The lowest BCUT2D eigenvalue weighted by atomic mass is 9.98. The zero-order chi connectivity index (χ0) is 10.2. The molecule has 1 heterocycles. The molecule has 0 aromatic heterocycles. The second-order valence-electron chi connectivity index (χ2n) is 3.46. The van der Waals surface area contributed by atoms with Gasteiger partial charge in [0.2, 0.25) is 0 Å². The van der Waals surface area contributed by atoms with Gasteiger partial charge in [0.05, 0.1) is 0 Å². The maximum Gasteiger partial charge on any atom is 0.407 e. The third-order valence-corrected chi connectivity index (χ3v) is 2.33. The summed E-state index contributed by atoms with van der Waals surface area (Å²) in [6, 6.07) is 0. The molecule has 0 aromatic rings. The van der Waals surface area contributed by atoms with Gasteiger partial charge >= 0.3 is 6.09 Å². The molecule has 0 radical (unpaired) electrons. The van der Waals surface area contributed by atoms with Crippen LogP contribution in [0.4, 0.5) is 4.79 Å². The number of carbonyl (C=O) groups is 1. The van der Waals surface area contributed by atoms with E-state index in [1.807, 2.05) is 0 Å². The highest BCUT2D eigenvalue weighted by Gasteiger charge is 2.13. The summed E-state index contributed by atoms with van der Waals surface area (Å²) in [6.07, 6.45) is 3.47. The molecule has 80 valence electrons. The fraction of sp³-hybridized carbons (Fsp3) is 0.700. The van der Waals surface area contributed by atoms with Crippen molar-refractivity contribution in [1.82, 2.24) is 10.6 Å². The monoisotopic (exact) mass is 198 g/mol. The lowest BCUT2D eigenvalue weighted by Gasteiger charge is -2.22. The van der Waals surface area contributed by atoms with Crippen LogP contribution in [0, 0.1) is 5.92 Å². The molecular formula is C10H18N2O2. The molecule has 1 amide bonds. The van der Waals surface area contributed by atoms with E-state index in [-0.39, 0.29) is 12.7 Å². The Morgan fingerprint density at radius 3 is 2.93 bits per heavy atom. The molecular weight excluding hydrogens is 180 g/mol. The van der Waals surface area contributed by atoms with Crippen molar-refractivity contribution in [2.75, 3.05) is 26.2 Å². The van der Waals surface area contributed by atoms with Crippen LogP contribution in [-0.4, -0.2) is 32.3 Å². The van der Waals surface area contributed by atoms with Gasteiger partial charge in [-0.2, -0.15) is 0 Å². The molecule has 0 atom stereocenters. The van der Waals surface area contributed by atoms with Crippen molar-refractivity contribution >= 4 is 6.09 Å². The van der Waals surface area contributed by atoms with Crippen LogP contribution in [-0.2, 0) is 4.74 Å². The minimum Gasteiger partial charge on any atom is -0.445 e. The van der Waals surface area contributed by atoms with Crippen LogP contribution in [0.15, 0.2) is 12.7 Å². The Hall–Kier alpha value is -1.03. The van der Waals surface area contributed by atoms with Crippen LogP contribution in [0.2, 0.25) is 0 Å². The highest BCUT2D eigenvalue weighted by molar-refractivity contribution is 5.67. The van der Waals surface area contributed by atoms with Crippen molar-refractivity contribution in [3.63, 3.8) is 0 Å². The van der Waals surface area contributed by atoms with Crippen molar-refractivity contribution in [2.45, 2.75) is 12.8 Å². The molecule has 1 rings (SSSR count). The molecule has 0 spiro atoms. The van der Waals surface area contributed by atoms with Crippen molar-refractivity contribution in [3.05, 3.63) is 12.7 Å². The van der Waals surface area contributed by atoms with Crippen LogP contribution in [0.1, 0.15) is 12.8 Å². The zero-order valence-electron chi connectivity index (χ0n) is 8.42. The van der Waals surface area contributed by atoms with E-state index in [0.29, 0.717) is 5.92 Å². The molecule has 4 nitrogen and oxygen atoms in total. The third kappa shape index (κ3) is 4.28. The molecule has 4 heteroatoms. The average molecular weight is 198 g/mol. The molecule has 0 unspecified atom stereocenters. The maximum absolute atomic E-state index is 11.0. The number of rotatable bonds is 4. The highest BCUT2D eigenvalue weighted by atomic mass is 16.5. The van der Waals surface area contributed by atoms with E-state index in [9.17, 15) is 4.79 Å². The number of alkyl carbamates (subject to hydrolysis) is 1. The average Bonchev–Trinajstić information content (AvgIpc) is 2.25. The van der Waals surface area contributed by atoms with Gasteiger partial charge in [-0.25, -0.2) is 4.79 Å². The molecule has 1 aliphatic rings. The van der Waals surface area contributed by atoms with Crippen LogP contribution < -0.4 is 10.6 Å². The summed E-state index contributed by atoms with van der Waals surface area (Å²) in [5, 5.41) is 6.03. The topological polar surface area (TPSA) is 50.4 Å². The number of amides is 1. The number of carbonyl (C=O) groups excluding carboxylic acids is 1. The first-order valence-electron chi connectivity index (χ1n) is 5.05. The van der Waals surface area contributed by atoms with Gasteiger partial charge in [0.25, 0.3) is 0 Å². The lowest BCUT2D eigenvalue weighted by molar-refractivity contribution is 0.155. The number of piperidine rings is 1. The van der Waals surface area contributed by atoms with E-state index in [1.165, 1.54) is 0 Å². The van der Waals surface area contributed by atoms with Crippen LogP contribution in [0.5, 0.6) is 0 Å². The fourth-order valence-corrected chi connectivity index (χ4v) is 1.50. The molecule has 1 fully saturated rings. The molecule has 1 aliphatic heterocycles.